The highest BCUT2D eigenvalue weighted by Gasteiger charge is 2.39. The van der Waals surface area contributed by atoms with Gasteiger partial charge in [-0.15, -0.1) is 0 Å². The smallest absolute Gasteiger partial charge is 0.133 e. The van der Waals surface area contributed by atoms with Crippen LogP contribution in [0.25, 0.3) is 11.1 Å². The maximum absolute atomic E-state index is 14.0. The summed E-state index contributed by atoms with van der Waals surface area (Å²) in [4.78, 5) is 0. The molecule has 17 heavy (non-hydrogen) atoms. The summed E-state index contributed by atoms with van der Waals surface area (Å²) in [6, 6.07) is 10.3. The Labute approximate surface area is 99.9 Å². The van der Waals surface area contributed by atoms with Crippen molar-refractivity contribution in [1.82, 2.24) is 0 Å². The topological polar surface area (TPSA) is 0 Å². The predicted octanol–water partition coefficient (Wildman–Crippen LogP) is 2.77. The molecule has 0 N–H and O–H groups in total. The van der Waals surface area contributed by atoms with Crippen molar-refractivity contribution in [3.8, 4) is 11.1 Å². The van der Waals surface area contributed by atoms with Crippen LogP contribution in [-0.2, 0) is 0 Å². The molecule has 0 saturated carbocycles. The van der Waals surface area contributed by atoms with Crippen molar-refractivity contribution in [2.45, 2.75) is 13.1 Å². The van der Waals surface area contributed by atoms with Gasteiger partial charge in [-0.2, -0.15) is 0 Å². The molecule has 0 fully saturated rings. The van der Waals surface area contributed by atoms with E-state index in [2.05, 4.69) is 13.1 Å². The van der Waals surface area contributed by atoms with Crippen LogP contribution < -0.4 is 10.4 Å². The van der Waals surface area contributed by atoms with Crippen LogP contribution >= 0.6 is 0 Å². The van der Waals surface area contributed by atoms with Crippen molar-refractivity contribution in [2.24, 2.45) is 0 Å². The highest BCUT2D eigenvalue weighted by Crippen LogP contribution is 2.30. The van der Waals surface area contributed by atoms with Crippen molar-refractivity contribution in [3.05, 3.63) is 48.0 Å². The fourth-order valence-electron chi connectivity index (χ4n) is 2.73. The fraction of sp³-hybridized carbons (Fsp3) is 0.143. The fourth-order valence-corrected chi connectivity index (χ4v) is 5.79. The van der Waals surface area contributed by atoms with E-state index in [-0.39, 0.29) is 0 Å². The van der Waals surface area contributed by atoms with Gasteiger partial charge in [-0.3, -0.25) is 0 Å². The minimum absolute atomic E-state index is 0.439. The second-order valence-corrected chi connectivity index (χ2v) is 9.31. The summed E-state index contributed by atoms with van der Waals surface area (Å²) in [5.74, 6) is -0.917. The van der Waals surface area contributed by atoms with Gasteiger partial charge in [-0.1, -0.05) is 37.4 Å². The van der Waals surface area contributed by atoms with Gasteiger partial charge in [0.1, 0.15) is 19.7 Å². The Kier molecular flexibility index (Phi) is 2.04. The molecule has 0 saturated heterocycles. The minimum Gasteiger partial charge on any atom is -0.207 e. The van der Waals surface area contributed by atoms with Crippen LogP contribution in [0, 0.1) is 11.6 Å². The molecule has 86 valence electrons. The van der Waals surface area contributed by atoms with Crippen molar-refractivity contribution in [1.29, 1.82) is 0 Å². The van der Waals surface area contributed by atoms with Crippen LogP contribution in [0.4, 0.5) is 8.78 Å². The first kappa shape index (κ1) is 10.7. The van der Waals surface area contributed by atoms with E-state index < -0.39 is 19.7 Å². The Morgan fingerprint density at radius 3 is 2.41 bits per heavy atom. The molecule has 0 aromatic heterocycles. The second-order valence-electron chi connectivity index (χ2n) is 4.98. The van der Waals surface area contributed by atoms with Gasteiger partial charge >= 0.3 is 0 Å². The third-order valence-electron chi connectivity index (χ3n) is 3.60. The Morgan fingerprint density at radius 2 is 1.65 bits per heavy atom. The highest BCUT2D eigenvalue weighted by atomic mass is 28.3. The Hall–Kier alpha value is -1.48. The average molecular weight is 246 g/mol. The summed E-state index contributed by atoms with van der Waals surface area (Å²) in [6.45, 7) is 4.27. The molecule has 0 unspecified atom stereocenters. The Balaban J connectivity index is 2.44. The number of hydrogen-bond donors (Lipinski definition) is 0. The maximum Gasteiger partial charge on any atom is 0.133 e. The molecule has 2 aromatic rings. The summed E-state index contributed by atoms with van der Waals surface area (Å²) in [7, 11) is -1.92. The molecule has 0 amide bonds. The van der Waals surface area contributed by atoms with Gasteiger partial charge in [0, 0.05) is 11.6 Å². The molecule has 3 heteroatoms. The van der Waals surface area contributed by atoms with Gasteiger partial charge in [-0.25, -0.2) is 8.78 Å². The molecule has 0 spiro atoms. The van der Waals surface area contributed by atoms with Crippen molar-refractivity contribution in [3.63, 3.8) is 0 Å². The van der Waals surface area contributed by atoms with Gasteiger partial charge in [0.15, 0.2) is 0 Å². The van der Waals surface area contributed by atoms with Crippen LogP contribution in [0.5, 0.6) is 0 Å². The number of benzene rings is 2. The first-order chi connectivity index (χ1) is 8.01. The lowest BCUT2D eigenvalue weighted by Gasteiger charge is -2.18. The van der Waals surface area contributed by atoms with E-state index in [0.717, 1.165) is 16.8 Å². The van der Waals surface area contributed by atoms with Gasteiger partial charge < -0.3 is 0 Å². The van der Waals surface area contributed by atoms with Gasteiger partial charge in [0.2, 0.25) is 0 Å². The minimum atomic E-state index is -1.92. The second kappa shape index (κ2) is 3.26. The molecule has 3 rings (SSSR count). The molecule has 1 aliphatic heterocycles. The molecule has 0 bridgehead atoms. The normalized spacial score (nSPS) is 15.5. The number of rotatable bonds is 0. The average Bonchev–Trinajstić information content (AvgIpc) is 2.49. The van der Waals surface area contributed by atoms with Gasteiger partial charge in [0.25, 0.3) is 0 Å². The van der Waals surface area contributed by atoms with Gasteiger partial charge in [-0.05, 0) is 22.0 Å². The number of halogens is 2. The lowest BCUT2D eigenvalue weighted by atomic mass is 10.1. The molecule has 0 radical (unpaired) electrons. The SMILES string of the molecule is C[Si]1(C)c2ccccc2-c2c(F)cc(F)cc21. The number of hydrogen-bond acceptors (Lipinski definition) is 0. The molecule has 0 aliphatic carbocycles. The van der Waals surface area contributed by atoms with E-state index in [1.165, 1.54) is 11.3 Å². The molecule has 1 heterocycles. The molecule has 0 nitrogen and oxygen atoms in total. The molecule has 0 atom stereocenters. The quantitative estimate of drug-likeness (QED) is 0.627. The zero-order valence-electron chi connectivity index (χ0n) is 9.72. The van der Waals surface area contributed by atoms with Crippen molar-refractivity contribution < 1.29 is 8.78 Å². The van der Waals surface area contributed by atoms with E-state index >= 15 is 0 Å². The third kappa shape index (κ3) is 1.32. The molecule has 1 aliphatic rings. The first-order valence-corrected chi connectivity index (χ1v) is 8.61. The van der Waals surface area contributed by atoms with Crippen LogP contribution in [0.15, 0.2) is 36.4 Å². The largest absolute Gasteiger partial charge is 0.207 e. The highest BCUT2D eigenvalue weighted by molar-refractivity contribution is 7.03. The summed E-state index contributed by atoms with van der Waals surface area (Å²) in [6.07, 6.45) is 0. The Bertz CT molecular complexity index is 618. The number of fused-ring (bicyclic) bond motifs is 3. The van der Waals surface area contributed by atoms with E-state index in [4.69, 9.17) is 0 Å². The Morgan fingerprint density at radius 1 is 0.941 bits per heavy atom. The summed E-state index contributed by atoms with van der Waals surface area (Å²) in [5.41, 5.74) is 1.55. The predicted molar refractivity (Wildman–Crippen MR) is 68.5 cm³/mol. The monoisotopic (exact) mass is 246 g/mol. The van der Waals surface area contributed by atoms with E-state index in [9.17, 15) is 8.78 Å². The van der Waals surface area contributed by atoms with E-state index in [1.54, 1.807) is 0 Å². The standard InChI is InChI=1S/C14H12F2Si/c1-17(2)12-6-4-3-5-10(12)14-11(16)7-9(15)8-13(14)17/h3-8H,1-2H3. The first-order valence-electron chi connectivity index (χ1n) is 5.61. The maximum atomic E-state index is 14.0. The van der Waals surface area contributed by atoms with Crippen LogP contribution in [0.3, 0.4) is 0 Å². The summed E-state index contributed by atoms with van der Waals surface area (Å²) >= 11 is 0. The van der Waals surface area contributed by atoms with Crippen LogP contribution in [0.2, 0.25) is 13.1 Å². The van der Waals surface area contributed by atoms with Gasteiger partial charge in [0.05, 0.1) is 0 Å². The van der Waals surface area contributed by atoms with Crippen LogP contribution in [0.1, 0.15) is 0 Å². The zero-order chi connectivity index (χ0) is 12.2. The zero-order valence-corrected chi connectivity index (χ0v) is 10.7. The third-order valence-corrected chi connectivity index (χ3v) is 7.12. The van der Waals surface area contributed by atoms with E-state index in [1.807, 2.05) is 24.3 Å². The lowest BCUT2D eigenvalue weighted by Crippen LogP contribution is -2.49. The summed E-state index contributed by atoms with van der Waals surface area (Å²) in [5, 5.41) is 2.07. The van der Waals surface area contributed by atoms with Crippen molar-refractivity contribution >= 4 is 18.4 Å². The molecular formula is C14H12F2Si. The molecular weight excluding hydrogens is 234 g/mol. The van der Waals surface area contributed by atoms with E-state index in [0.29, 0.717) is 5.56 Å². The molecule has 2 aromatic carbocycles. The summed E-state index contributed by atoms with van der Waals surface area (Å²) < 4.78 is 27.3. The van der Waals surface area contributed by atoms with Crippen molar-refractivity contribution in [2.75, 3.05) is 0 Å². The lowest BCUT2D eigenvalue weighted by molar-refractivity contribution is 0.587. The van der Waals surface area contributed by atoms with Crippen LogP contribution in [-0.4, -0.2) is 8.07 Å².